The Hall–Kier alpha value is -0.0200. The molecular weight excluding hydrogens is 184 g/mol. The first-order valence-electron chi connectivity index (χ1n) is 4.86. The van der Waals surface area contributed by atoms with Crippen LogP contribution in [0.5, 0.6) is 0 Å². The fourth-order valence-corrected chi connectivity index (χ4v) is 2.27. The monoisotopic (exact) mass is 202 g/mol. The van der Waals surface area contributed by atoms with Gasteiger partial charge in [0, 0.05) is 13.0 Å². The average Bonchev–Trinajstić information content (AvgIpc) is 2.04. The van der Waals surface area contributed by atoms with E-state index >= 15 is 0 Å². The SMILES string of the molecule is CC(C)(CC(=O)S)C1CCCCO1. The molecule has 1 unspecified atom stereocenters. The summed E-state index contributed by atoms with van der Waals surface area (Å²) in [5.41, 5.74) is -0.0563. The predicted octanol–water partition coefficient (Wildman–Crippen LogP) is 2.43. The van der Waals surface area contributed by atoms with Crippen LogP contribution in [0.15, 0.2) is 0 Å². The van der Waals surface area contributed by atoms with E-state index in [4.69, 9.17) is 4.74 Å². The van der Waals surface area contributed by atoms with Gasteiger partial charge in [0.25, 0.3) is 0 Å². The highest BCUT2D eigenvalue weighted by molar-refractivity contribution is 7.96. The average molecular weight is 202 g/mol. The molecule has 76 valence electrons. The first kappa shape index (κ1) is 11.1. The van der Waals surface area contributed by atoms with Gasteiger partial charge in [-0.25, -0.2) is 0 Å². The first-order chi connectivity index (χ1) is 6.02. The van der Waals surface area contributed by atoms with Crippen LogP contribution in [0.25, 0.3) is 0 Å². The third-order valence-corrected chi connectivity index (χ3v) is 2.82. The maximum atomic E-state index is 10.9. The summed E-state index contributed by atoms with van der Waals surface area (Å²) in [5, 5.41) is -0.0424. The number of hydrogen-bond donors (Lipinski definition) is 1. The van der Waals surface area contributed by atoms with E-state index < -0.39 is 0 Å². The van der Waals surface area contributed by atoms with Crippen LogP contribution in [0.1, 0.15) is 39.5 Å². The molecule has 0 radical (unpaired) electrons. The third kappa shape index (κ3) is 3.31. The molecule has 0 aromatic carbocycles. The zero-order chi connectivity index (χ0) is 9.90. The van der Waals surface area contributed by atoms with Crippen molar-refractivity contribution < 1.29 is 9.53 Å². The summed E-state index contributed by atoms with van der Waals surface area (Å²) in [5.74, 6) is 0. The van der Waals surface area contributed by atoms with Gasteiger partial charge < -0.3 is 4.74 Å². The Kier molecular flexibility index (Phi) is 3.80. The molecule has 1 rings (SSSR count). The summed E-state index contributed by atoms with van der Waals surface area (Å²) in [6.45, 7) is 5.00. The lowest BCUT2D eigenvalue weighted by Crippen LogP contribution is -2.35. The second-order valence-corrected chi connectivity index (χ2v) is 4.91. The van der Waals surface area contributed by atoms with Gasteiger partial charge in [-0.05, 0) is 24.7 Å². The molecule has 1 saturated heterocycles. The van der Waals surface area contributed by atoms with Crippen molar-refractivity contribution in [3.05, 3.63) is 0 Å². The largest absolute Gasteiger partial charge is 0.378 e. The lowest BCUT2D eigenvalue weighted by atomic mass is 9.80. The topological polar surface area (TPSA) is 26.3 Å². The van der Waals surface area contributed by atoms with E-state index in [2.05, 4.69) is 26.5 Å². The molecule has 0 spiro atoms. The minimum atomic E-state index is -0.0563. The van der Waals surface area contributed by atoms with Gasteiger partial charge in [-0.3, -0.25) is 4.79 Å². The number of carbonyl (C=O) groups excluding carboxylic acids is 1. The lowest BCUT2D eigenvalue weighted by Gasteiger charge is -2.36. The van der Waals surface area contributed by atoms with E-state index in [1.54, 1.807) is 0 Å². The number of carbonyl (C=O) groups is 1. The van der Waals surface area contributed by atoms with Crippen molar-refractivity contribution in [2.45, 2.75) is 45.6 Å². The van der Waals surface area contributed by atoms with E-state index in [-0.39, 0.29) is 16.6 Å². The molecule has 0 aliphatic carbocycles. The summed E-state index contributed by atoms with van der Waals surface area (Å²) >= 11 is 3.82. The molecule has 0 aromatic rings. The maximum absolute atomic E-state index is 10.9. The van der Waals surface area contributed by atoms with Crippen molar-refractivity contribution in [2.75, 3.05) is 6.61 Å². The van der Waals surface area contributed by atoms with Gasteiger partial charge in [-0.1, -0.05) is 13.8 Å². The quantitative estimate of drug-likeness (QED) is 0.711. The van der Waals surface area contributed by atoms with Crippen LogP contribution in [-0.2, 0) is 9.53 Å². The predicted molar refractivity (Wildman–Crippen MR) is 56.0 cm³/mol. The molecular formula is C10H18O2S. The fraction of sp³-hybridized carbons (Fsp3) is 0.900. The fourth-order valence-electron chi connectivity index (χ4n) is 1.86. The van der Waals surface area contributed by atoms with Crippen molar-refractivity contribution >= 4 is 17.7 Å². The number of thiol groups is 1. The van der Waals surface area contributed by atoms with Crippen LogP contribution >= 0.6 is 12.6 Å². The second kappa shape index (κ2) is 4.47. The Morgan fingerprint density at radius 1 is 1.54 bits per heavy atom. The molecule has 1 heterocycles. The summed E-state index contributed by atoms with van der Waals surface area (Å²) in [6, 6.07) is 0. The summed E-state index contributed by atoms with van der Waals surface area (Å²) < 4.78 is 5.66. The van der Waals surface area contributed by atoms with Gasteiger partial charge in [0.2, 0.25) is 0 Å². The Morgan fingerprint density at radius 3 is 2.69 bits per heavy atom. The molecule has 0 N–H and O–H groups in total. The second-order valence-electron chi connectivity index (χ2n) is 4.41. The molecule has 13 heavy (non-hydrogen) atoms. The van der Waals surface area contributed by atoms with Crippen LogP contribution in [0.2, 0.25) is 0 Å². The minimum Gasteiger partial charge on any atom is -0.378 e. The van der Waals surface area contributed by atoms with Crippen molar-refractivity contribution in [3.63, 3.8) is 0 Å². The Labute approximate surface area is 85.4 Å². The van der Waals surface area contributed by atoms with E-state index in [1.807, 2.05) is 0 Å². The van der Waals surface area contributed by atoms with Crippen molar-refractivity contribution in [3.8, 4) is 0 Å². The zero-order valence-corrected chi connectivity index (χ0v) is 9.27. The van der Waals surface area contributed by atoms with Crippen LogP contribution in [0.3, 0.4) is 0 Å². The lowest BCUT2D eigenvalue weighted by molar-refractivity contribution is -0.117. The van der Waals surface area contributed by atoms with E-state index in [0.29, 0.717) is 6.42 Å². The molecule has 3 heteroatoms. The van der Waals surface area contributed by atoms with E-state index in [1.165, 1.54) is 6.42 Å². The van der Waals surface area contributed by atoms with Gasteiger partial charge in [0.1, 0.15) is 0 Å². The van der Waals surface area contributed by atoms with Gasteiger partial charge >= 0.3 is 0 Å². The highest BCUT2D eigenvalue weighted by atomic mass is 32.1. The van der Waals surface area contributed by atoms with Crippen LogP contribution < -0.4 is 0 Å². The minimum absolute atomic E-state index is 0.0424. The van der Waals surface area contributed by atoms with Gasteiger partial charge in [0.15, 0.2) is 5.12 Å². The molecule has 0 amide bonds. The number of ether oxygens (including phenoxy) is 1. The van der Waals surface area contributed by atoms with Crippen molar-refractivity contribution in [2.24, 2.45) is 5.41 Å². The summed E-state index contributed by atoms with van der Waals surface area (Å²) in [7, 11) is 0. The molecule has 0 saturated carbocycles. The normalized spacial score (nSPS) is 24.4. The summed E-state index contributed by atoms with van der Waals surface area (Å²) in [6.07, 6.45) is 4.18. The third-order valence-electron chi connectivity index (χ3n) is 2.66. The summed E-state index contributed by atoms with van der Waals surface area (Å²) in [4.78, 5) is 10.9. The Bertz CT molecular complexity index is 183. The van der Waals surface area contributed by atoms with E-state index in [9.17, 15) is 4.79 Å². The smallest absolute Gasteiger partial charge is 0.186 e. The molecule has 1 aliphatic rings. The van der Waals surface area contributed by atoms with Crippen molar-refractivity contribution in [1.29, 1.82) is 0 Å². The highest BCUT2D eigenvalue weighted by Gasteiger charge is 2.32. The number of rotatable bonds is 3. The molecule has 1 fully saturated rings. The van der Waals surface area contributed by atoms with Gasteiger partial charge in [0.05, 0.1) is 6.10 Å². The van der Waals surface area contributed by atoms with Gasteiger partial charge in [-0.2, -0.15) is 0 Å². The van der Waals surface area contributed by atoms with Crippen LogP contribution in [0, 0.1) is 5.41 Å². The van der Waals surface area contributed by atoms with Gasteiger partial charge in [-0.15, -0.1) is 12.6 Å². The first-order valence-corrected chi connectivity index (χ1v) is 5.30. The standard InChI is InChI=1S/C10H18O2S/c1-10(2,7-9(11)13)8-5-3-4-6-12-8/h8H,3-7H2,1-2H3,(H,11,13). The molecule has 0 aromatic heterocycles. The molecule has 0 bridgehead atoms. The molecule has 1 atom stereocenters. The molecule has 2 nitrogen and oxygen atoms in total. The zero-order valence-electron chi connectivity index (χ0n) is 8.38. The number of hydrogen-bond acceptors (Lipinski definition) is 2. The van der Waals surface area contributed by atoms with Crippen molar-refractivity contribution in [1.82, 2.24) is 0 Å². The Balaban J connectivity index is 2.50. The molecule has 1 aliphatic heterocycles. The van der Waals surface area contributed by atoms with Crippen LogP contribution in [-0.4, -0.2) is 17.8 Å². The van der Waals surface area contributed by atoms with Crippen LogP contribution in [0.4, 0.5) is 0 Å². The van der Waals surface area contributed by atoms with E-state index in [0.717, 1.165) is 19.4 Å². The Morgan fingerprint density at radius 2 is 2.23 bits per heavy atom. The highest BCUT2D eigenvalue weighted by Crippen LogP contribution is 2.33. The maximum Gasteiger partial charge on any atom is 0.186 e.